The number of methoxy groups -OCH3 is 1. The number of ether oxygens (including phenoxy) is 2. The van der Waals surface area contributed by atoms with Crippen LogP contribution in [0, 0.1) is 6.92 Å². The van der Waals surface area contributed by atoms with Gasteiger partial charge in [0.05, 0.1) is 25.0 Å². The van der Waals surface area contributed by atoms with E-state index in [2.05, 4.69) is 16.4 Å². The Kier molecular flexibility index (Phi) is 4.50. The summed E-state index contributed by atoms with van der Waals surface area (Å²) < 4.78 is 10.9. The van der Waals surface area contributed by atoms with Gasteiger partial charge >= 0.3 is 0 Å². The highest BCUT2D eigenvalue weighted by molar-refractivity contribution is 6.05. The Morgan fingerprint density at radius 3 is 2.85 bits per heavy atom. The molecular weight excluding hydrogens is 340 g/mol. The molecule has 0 aliphatic carbocycles. The average Bonchev–Trinajstić information content (AvgIpc) is 3.16. The number of rotatable bonds is 4. The molecule has 0 atom stereocenters. The van der Waals surface area contributed by atoms with Crippen LogP contribution < -0.4 is 14.8 Å². The molecular formula is C22H20N2O3. The number of aromatic nitrogens is 1. The zero-order valence-corrected chi connectivity index (χ0v) is 15.3. The molecule has 0 saturated carbocycles. The van der Waals surface area contributed by atoms with Crippen LogP contribution in [0.2, 0.25) is 0 Å². The van der Waals surface area contributed by atoms with E-state index in [-0.39, 0.29) is 5.91 Å². The molecule has 2 aromatic carbocycles. The van der Waals surface area contributed by atoms with Gasteiger partial charge in [-0.3, -0.25) is 9.78 Å². The largest absolute Gasteiger partial charge is 0.495 e. The highest BCUT2D eigenvalue weighted by atomic mass is 16.5. The minimum atomic E-state index is -0.224. The SMILES string of the molecule is COc1ccc(C)cc1NC(=O)c1cncc(-c2ccc3c(c2)CCO3)c1. The first-order valence-corrected chi connectivity index (χ1v) is 8.81. The first kappa shape index (κ1) is 17.1. The van der Waals surface area contributed by atoms with Gasteiger partial charge in [-0.2, -0.15) is 0 Å². The van der Waals surface area contributed by atoms with Crippen molar-refractivity contribution in [2.45, 2.75) is 13.3 Å². The van der Waals surface area contributed by atoms with Gasteiger partial charge in [-0.25, -0.2) is 0 Å². The molecule has 1 aliphatic rings. The Morgan fingerprint density at radius 2 is 2.00 bits per heavy atom. The smallest absolute Gasteiger partial charge is 0.257 e. The number of anilines is 1. The Bertz CT molecular complexity index is 1010. The summed E-state index contributed by atoms with van der Waals surface area (Å²) in [7, 11) is 1.58. The van der Waals surface area contributed by atoms with Gasteiger partial charge < -0.3 is 14.8 Å². The second kappa shape index (κ2) is 7.11. The molecule has 5 nitrogen and oxygen atoms in total. The molecule has 27 heavy (non-hydrogen) atoms. The highest BCUT2D eigenvalue weighted by Crippen LogP contribution is 2.31. The van der Waals surface area contributed by atoms with Gasteiger partial charge in [0.2, 0.25) is 0 Å². The molecule has 0 unspecified atom stereocenters. The summed E-state index contributed by atoms with van der Waals surface area (Å²) in [6, 6.07) is 13.6. The van der Waals surface area contributed by atoms with Crippen molar-refractivity contribution in [2.24, 2.45) is 0 Å². The normalized spacial score (nSPS) is 12.2. The van der Waals surface area contributed by atoms with Crippen LogP contribution >= 0.6 is 0 Å². The Morgan fingerprint density at radius 1 is 1.11 bits per heavy atom. The number of benzene rings is 2. The summed E-state index contributed by atoms with van der Waals surface area (Å²) in [6.45, 7) is 2.69. The number of carbonyl (C=O) groups is 1. The van der Waals surface area contributed by atoms with E-state index >= 15 is 0 Å². The molecule has 0 radical (unpaired) electrons. The van der Waals surface area contributed by atoms with Crippen molar-refractivity contribution in [3.05, 3.63) is 71.5 Å². The lowest BCUT2D eigenvalue weighted by Crippen LogP contribution is -2.13. The van der Waals surface area contributed by atoms with Crippen molar-refractivity contribution in [3.8, 4) is 22.6 Å². The van der Waals surface area contributed by atoms with E-state index in [1.165, 1.54) is 5.56 Å². The lowest BCUT2D eigenvalue weighted by atomic mass is 10.0. The minimum absolute atomic E-state index is 0.224. The van der Waals surface area contributed by atoms with E-state index < -0.39 is 0 Å². The summed E-state index contributed by atoms with van der Waals surface area (Å²) in [5, 5.41) is 2.91. The van der Waals surface area contributed by atoms with Gasteiger partial charge in [0.15, 0.2) is 0 Å². The standard InChI is InChI=1S/C22H20N2O3/c1-14-3-5-21(26-2)19(9-14)24-22(25)18-11-17(12-23-13-18)15-4-6-20-16(10-15)7-8-27-20/h3-6,9-13H,7-8H2,1-2H3,(H,24,25). The van der Waals surface area contributed by atoms with E-state index in [1.54, 1.807) is 19.5 Å². The Balaban J connectivity index is 1.61. The van der Waals surface area contributed by atoms with E-state index in [1.807, 2.05) is 43.3 Å². The molecule has 136 valence electrons. The van der Waals surface area contributed by atoms with Crippen molar-refractivity contribution in [2.75, 3.05) is 19.0 Å². The molecule has 1 aromatic heterocycles. The third-order valence-corrected chi connectivity index (χ3v) is 4.63. The minimum Gasteiger partial charge on any atom is -0.495 e. The number of nitrogens with one attached hydrogen (secondary N) is 1. The molecule has 1 N–H and O–H groups in total. The van der Waals surface area contributed by atoms with Gasteiger partial charge in [0.25, 0.3) is 5.91 Å². The van der Waals surface area contributed by atoms with Gasteiger partial charge in [-0.1, -0.05) is 12.1 Å². The van der Waals surface area contributed by atoms with Crippen LogP contribution in [0.1, 0.15) is 21.5 Å². The first-order valence-electron chi connectivity index (χ1n) is 8.81. The van der Waals surface area contributed by atoms with Crippen LogP contribution in [0.15, 0.2) is 54.9 Å². The lowest BCUT2D eigenvalue weighted by Gasteiger charge is -2.11. The molecule has 0 fully saturated rings. The average molecular weight is 360 g/mol. The van der Waals surface area contributed by atoms with E-state index in [0.29, 0.717) is 17.0 Å². The highest BCUT2D eigenvalue weighted by Gasteiger charge is 2.15. The summed E-state index contributed by atoms with van der Waals surface area (Å²) >= 11 is 0. The number of carbonyl (C=O) groups excluding carboxylic acids is 1. The summed E-state index contributed by atoms with van der Waals surface area (Å²) in [4.78, 5) is 17.0. The zero-order chi connectivity index (χ0) is 18.8. The van der Waals surface area contributed by atoms with Crippen molar-refractivity contribution in [1.29, 1.82) is 0 Å². The number of hydrogen-bond donors (Lipinski definition) is 1. The molecule has 4 rings (SSSR count). The van der Waals surface area contributed by atoms with Crippen molar-refractivity contribution < 1.29 is 14.3 Å². The van der Waals surface area contributed by atoms with Crippen molar-refractivity contribution in [1.82, 2.24) is 4.98 Å². The van der Waals surface area contributed by atoms with Crippen LogP contribution in [-0.4, -0.2) is 24.6 Å². The number of hydrogen-bond acceptors (Lipinski definition) is 4. The fraction of sp³-hybridized carbons (Fsp3) is 0.182. The summed E-state index contributed by atoms with van der Waals surface area (Å²) in [5.74, 6) is 1.33. The van der Waals surface area contributed by atoms with E-state index in [0.717, 1.165) is 35.5 Å². The third-order valence-electron chi connectivity index (χ3n) is 4.63. The summed E-state index contributed by atoms with van der Waals surface area (Å²) in [6.07, 6.45) is 4.24. The number of amides is 1. The Labute approximate surface area is 158 Å². The number of aryl methyl sites for hydroxylation is 1. The maximum absolute atomic E-state index is 12.7. The number of fused-ring (bicyclic) bond motifs is 1. The van der Waals surface area contributed by atoms with Crippen molar-refractivity contribution >= 4 is 11.6 Å². The molecule has 1 aliphatic heterocycles. The first-order chi connectivity index (χ1) is 13.1. The predicted molar refractivity (Wildman–Crippen MR) is 105 cm³/mol. The van der Waals surface area contributed by atoms with E-state index in [9.17, 15) is 4.79 Å². The van der Waals surface area contributed by atoms with Crippen LogP contribution in [0.25, 0.3) is 11.1 Å². The van der Waals surface area contributed by atoms with Gasteiger partial charge in [-0.05, 0) is 53.9 Å². The molecule has 1 amide bonds. The molecule has 5 heteroatoms. The maximum Gasteiger partial charge on any atom is 0.257 e. The fourth-order valence-electron chi connectivity index (χ4n) is 3.20. The van der Waals surface area contributed by atoms with E-state index in [4.69, 9.17) is 9.47 Å². The quantitative estimate of drug-likeness (QED) is 0.755. The lowest BCUT2D eigenvalue weighted by molar-refractivity contribution is 0.102. The fourth-order valence-corrected chi connectivity index (χ4v) is 3.20. The van der Waals surface area contributed by atoms with Crippen LogP contribution in [0.4, 0.5) is 5.69 Å². The van der Waals surface area contributed by atoms with Crippen LogP contribution in [0.5, 0.6) is 11.5 Å². The maximum atomic E-state index is 12.7. The summed E-state index contributed by atoms with van der Waals surface area (Å²) in [5.41, 5.74) is 5.28. The van der Waals surface area contributed by atoms with Crippen molar-refractivity contribution in [3.63, 3.8) is 0 Å². The second-order valence-electron chi connectivity index (χ2n) is 6.54. The Hall–Kier alpha value is -3.34. The third kappa shape index (κ3) is 3.49. The molecule has 3 aromatic rings. The second-order valence-corrected chi connectivity index (χ2v) is 6.54. The topological polar surface area (TPSA) is 60.5 Å². The number of nitrogens with zero attached hydrogens (tertiary/aromatic N) is 1. The molecule has 2 heterocycles. The van der Waals surface area contributed by atoms with Crippen LogP contribution in [-0.2, 0) is 6.42 Å². The molecule has 0 saturated heterocycles. The van der Waals surface area contributed by atoms with Gasteiger partial charge in [-0.15, -0.1) is 0 Å². The van der Waals surface area contributed by atoms with Crippen LogP contribution in [0.3, 0.4) is 0 Å². The van der Waals surface area contributed by atoms with Gasteiger partial charge in [0, 0.05) is 24.4 Å². The number of pyridine rings is 1. The molecule has 0 bridgehead atoms. The predicted octanol–water partition coefficient (Wildman–Crippen LogP) is 4.25. The zero-order valence-electron chi connectivity index (χ0n) is 15.3. The van der Waals surface area contributed by atoms with Gasteiger partial charge in [0.1, 0.15) is 11.5 Å². The molecule has 0 spiro atoms. The monoisotopic (exact) mass is 360 g/mol.